The highest BCUT2D eigenvalue weighted by atomic mass is 32.2. The van der Waals surface area contributed by atoms with Crippen LogP contribution in [0.3, 0.4) is 0 Å². The van der Waals surface area contributed by atoms with Crippen molar-refractivity contribution >= 4 is 23.6 Å². The van der Waals surface area contributed by atoms with Crippen LogP contribution in [0.5, 0.6) is 0 Å². The molecule has 3 heteroatoms. The summed E-state index contributed by atoms with van der Waals surface area (Å²) in [6, 6.07) is 19.7. The van der Waals surface area contributed by atoms with Crippen molar-refractivity contribution in [1.29, 1.82) is 0 Å². The number of benzene rings is 2. The third-order valence-electron chi connectivity index (χ3n) is 3.73. The Labute approximate surface area is 172 Å². The Morgan fingerprint density at radius 3 is 2.39 bits per heavy atom. The monoisotopic (exact) mass is 388 g/mol. The lowest BCUT2D eigenvalue weighted by atomic mass is 10.1. The zero-order valence-corrected chi connectivity index (χ0v) is 16.9. The number of ether oxygens (including phenoxy) is 1. The summed E-state index contributed by atoms with van der Waals surface area (Å²) in [7, 11) is 1.69. The molecule has 0 amide bonds. The molecule has 0 heterocycles. The maximum Gasteiger partial charge on any atom is 0.244 e. The number of carbonyl (C=O) groups is 1. The molecule has 0 aromatic heterocycles. The van der Waals surface area contributed by atoms with Crippen molar-refractivity contribution in [3.63, 3.8) is 0 Å². The highest BCUT2D eigenvalue weighted by molar-refractivity contribution is 7.99. The summed E-state index contributed by atoms with van der Waals surface area (Å²) in [6.07, 6.45) is 4.46. The van der Waals surface area contributed by atoms with Gasteiger partial charge < -0.3 is 4.74 Å². The maximum absolute atomic E-state index is 12.6. The third kappa shape index (κ3) is 8.78. The Bertz CT molecular complexity index is 878. The minimum Gasteiger partial charge on any atom is -0.385 e. The molecule has 0 atom stereocenters. The van der Waals surface area contributed by atoms with Crippen LogP contribution < -0.4 is 0 Å². The van der Waals surface area contributed by atoms with E-state index in [1.165, 1.54) is 0 Å². The summed E-state index contributed by atoms with van der Waals surface area (Å²) in [5, 5.41) is 0. The second-order valence-electron chi connectivity index (χ2n) is 5.95. The predicted octanol–water partition coefficient (Wildman–Crippen LogP) is 5.25. The average Bonchev–Trinajstić information content (AvgIpc) is 2.74. The van der Waals surface area contributed by atoms with E-state index in [2.05, 4.69) is 23.7 Å². The topological polar surface area (TPSA) is 26.3 Å². The minimum absolute atomic E-state index is 0.234. The van der Waals surface area contributed by atoms with Gasteiger partial charge in [0.1, 0.15) is 0 Å². The van der Waals surface area contributed by atoms with Crippen molar-refractivity contribution in [3.05, 3.63) is 71.8 Å². The van der Waals surface area contributed by atoms with E-state index in [0.29, 0.717) is 11.3 Å². The number of Topliss-reactive ketones (excluding diaryl/α,β-unsaturated/α-hetero) is 1. The van der Waals surface area contributed by atoms with Gasteiger partial charge in [-0.15, -0.1) is 11.8 Å². The van der Waals surface area contributed by atoms with Gasteiger partial charge in [-0.1, -0.05) is 66.3 Å². The first kappa shape index (κ1) is 21.6. The predicted molar refractivity (Wildman–Crippen MR) is 118 cm³/mol. The van der Waals surface area contributed by atoms with Gasteiger partial charge in [-0.2, -0.15) is 0 Å². The van der Waals surface area contributed by atoms with Gasteiger partial charge in [0.25, 0.3) is 0 Å². The lowest BCUT2D eigenvalue weighted by molar-refractivity contribution is -0.110. The molecule has 28 heavy (non-hydrogen) atoms. The first-order valence-electron chi connectivity index (χ1n) is 9.25. The molecule has 0 fully saturated rings. The van der Waals surface area contributed by atoms with E-state index in [1.807, 2.05) is 66.7 Å². The van der Waals surface area contributed by atoms with Gasteiger partial charge >= 0.3 is 0 Å². The molecule has 2 aromatic carbocycles. The van der Waals surface area contributed by atoms with Crippen molar-refractivity contribution in [3.8, 4) is 23.7 Å². The Morgan fingerprint density at radius 1 is 0.964 bits per heavy atom. The number of hydrogen-bond donors (Lipinski definition) is 0. The molecule has 0 radical (unpaired) electrons. The van der Waals surface area contributed by atoms with Crippen LogP contribution in [0.15, 0.2) is 71.1 Å². The molecule has 0 saturated carbocycles. The quantitative estimate of drug-likeness (QED) is 0.203. The van der Waals surface area contributed by atoms with Crippen LogP contribution in [0.25, 0.3) is 6.08 Å². The lowest BCUT2D eigenvalue weighted by Crippen LogP contribution is -1.97. The van der Waals surface area contributed by atoms with E-state index >= 15 is 0 Å². The summed E-state index contributed by atoms with van der Waals surface area (Å²) in [4.78, 5) is 13.7. The molecule has 0 unspecified atom stereocenters. The number of ketones is 1. The van der Waals surface area contributed by atoms with Crippen molar-refractivity contribution in [2.45, 2.75) is 24.2 Å². The van der Waals surface area contributed by atoms with Crippen LogP contribution in [-0.2, 0) is 9.53 Å². The fraction of sp³-hybridized carbons (Fsp3) is 0.240. The summed E-state index contributed by atoms with van der Waals surface area (Å²) < 4.78 is 5.04. The molecule has 0 spiro atoms. The van der Waals surface area contributed by atoms with Crippen LogP contribution in [0.2, 0.25) is 0 Å². The Morgan fingerprint density at radius 2 is 1.68 bits per heavy atom. The van der Waals surface area contributed by atoms with Crippen LogP contribution in [0, 0.1) is 23.7 Å². The van der Waals surface area contributed by atoms with E-state index in [4.69, 9.17) is 4.74 Å². The van der Waals surface area contributed by atoms with Crippen molar-refractivity contribution in [2.24, 2.45) is 0 Å². The van der Waals surface area contributed by atoms with Crippen molar-refractivity contribution < 1.29 is 9.53 Å². The van der Waals surface area contributed by atoms with E-state index < -0.39 is 0 Å². The molecule has 0 N–H and O–H groups in total. The van der Waals surface area contributed by atoms with E-state index in [9.17, 15) is 4.79 Å². The molecule has 142 valence electrons. The van der Waals surface area contributed by atoms with E-state index in [1.54, 1.807) is 18.9 Å². The molecule has 0 aliphatic heterocycles. The fourth-order valence-electron chi connectivity index (χ4n) is 2.31. The first-order valence-corrected chi connectivity index (χ1v) is 10.2. The van der Waals surface area contributed by atoms with Crippen molar-refractivity contribution in [2.75, 3.05) is 19.5 Å². The van der Waals surface area contributed by atoms with Crippen LogP contribution in [-0.4, -0.2) is 25.3 Å². The standard InChI is InChI=1S/C25H24O2S/c1-27-19-11-3-2-8-15-23(21-22-13-6-4-7-14-22)25(26)18-12-20-28-24-16-9-5-10-17-24/h4-7,9-10,13-14,16-17,21H,2-3,11,19-20H2,1H3/b23-21+. The summed E-state index contributed by atoms with van der Waals surface area (Å²) in [6.45, 7) is 0.734. The number of hydrogen-bond acceptors (Lipinski definition) is 3. The first-order chi connectivity index (χ1) is 13.8. The second-order valence-corrected chi connectivity index (χ2v) is 7.00. The Hall–Kier alpha value is -2.72. The van der Waals surface area contributed by atoms with Gasteiger partial charge in [-0.25, -0.2) is 0 Å². The Kier molecular flexibility index (Phi) is 10.4. The van der Waals surface area contributed by atoms with E-state index in [-0.39, 0.29) is 5.78 Å². The number of thioether (sulfide) groups is 1. The van der Waals surface area contributed by atoms with Crippen LogP contribution in [0.1, 0.15) is 24.8 Å². The van der Waals surface area contributed by atoms with Crippen LogP contribution >= 0.6 is 11.8 Å². The number of unbranched alkanes of at least 4 members (excludes halogenated alkanes) is 2. The highest BCUT2D eigenvalue weighted by Gasteiger charge is 2.04. The summed E-state index contributed by atoms with van der Waals surface area (Å²) >= 11 is 1.61. The number of rotatable bonds is 8. The third-order valence-corrected chi connectivity index (χ3v) is 4.63. The normalized spacial score (nSPS) is 10.4. The molecule has 2 nitrogen and oxygen atoms in total. The van der Waals surface area contributed by atoms with Gasteiger partial charge in [-0.05, 0) is 42.5 Å². The van der Waals surface area contributed by atoms with Gasteiger partial charge in [-0.3, -0.25) is 4.79 Å². The molecular weight excluding hydrogens is 364 g/mol. The average molecular weight is 389 g/mol. The summed E-state index contributed by atoms with van der Waals surface area (Å²) in [5.41, 5.74) is 1.38. The van der Waals surface area contributed by atoms with Crippen LogP contribution in [0.4, 0.5) is 0 Å². The zero-order chi connectivity index (χ0) is 19.9. The highest BCUT2D eigenvalue weighted by Crippen LogP contribution is 2.15. The molecular formula is C25H24O2S. The number of methoxy groups -OCH3 is 1. The molecule has 2 aromatic rings. The molecule has 0 aliphatic carbocycles. The van der Waals surface area contributed by atoms with Gasteiger partial charge in [0.15, 0.2) is 0 Å². The van der Waals surface area contributed by atoms with Gasteiger partial charge in [0, 0.05) is 25.0 Å². The molecule has 2 rings (SSSR count). The fourth-order valence-corrected chi connectivity index (χ4v) is 2.97. The number of allylic oxidation sites excluding steroid dienone is 1. The smallest absolute Gasteiger partial charge is 0.244 e. The maximum atomic E-state index is 12.6. The SMILES string of the molecule is COCCCCC#C/C(=C\c1ccccc1)C(=O)C#CCSc1ccccc1. The van der Waals surface area contributed by atoms with E-state index in [0.717, 1.165) is 36.3 Å². The largest absolute Gasteiger partial charge is 0.385 e. The molecule has 0 bridgehead atoms. The van der Waals surface area contributed by atoms with Gasteiger partial charge in [0.2, 0.25) is 5.78 Å². The molecule has 0 saturated heterocycles. The Balaban J connectivity index is 2.01. The van der Waals surface area contributed by atoms with Crippen molar-refractivity contribution in [1.82, 2.24) is 0 Å². The minimum atomic E-state index is -0.234. The lowest BCUT2D eigenvalue weighted by Gasteiger charge is -1.97. The van der Waals surface area contributed by atoms with Gasteiger partial charge in [0.05, 0.1) is 11.3 Å². The number of carbonyl (C=O) groups excluding carboxylic acids is 1. The second kappa shape index (κ2) is 13.4. The summed E-state index contributed by atoms with van der Waals surface area (Å²) in [5.74, 6) is 12.1. The molecule has 0 aliphatic rings. The zero-order valence-electron chi connectivity index (χ0n) is 16.1.